The van der Waals surface area contributed by atoms with Crippen molar-refractivity contribution in [3.05, 3.63) is 65.5 Å². The van der Waals surface area contributed by atoms with Crippen molar-refractivity contribution in [2.75, 3.05) is 18.0 Å². The van der Waals surface area contributed by atoms with Crippen LogP contribution < -0.4 is 4.90 Å². The van der Waals surface area contributed by atoms with E-state index >= 15 is 0 Å². The molecule has 1 heterocycles. The van der Waals surface area contributed by atoms with Crippen molar-refractivity contribution in [1.29, 1.82) is 0 Å². The minimum atomic E-state index is -0.311. The monoisotopic (exact) mass is 396 g/mol. The summed E-state index contributed by atoms with van der Waals surface area (Å²) in [6, 6.07) is 13.9. The number of hydrogen-bond acceptors (Lipinski definition) is 2. The smallest absolute Gasteiger partial charge is 0.227 e. The molecule has 0 spiro atoms. The molecule has 0 bridgehead atoms. The van der Waals surface area contributed by atoms with Gasteiger partial charge in [-0.3, -0.25) is 9.59 Å². The van der Waals surface area contributed by atoms with Gasteiger partial charge in [0.1, 0.15) is 5.82 Å². The zero-order chi connectivity index (χ0) is 20.8. The first-order valence-electron chi connectivity index (χ1n) is 10.3. The molecule has 2 aromatic rings. The van der Waals surface area contributed by atoms with Gasteiger partial charge in [0, 0.05) is 25.2 Å². The van der Waals surface area contributed by atoms with Gasteiger partial charge in [-0.2, -0.15) is 0 Å². The maximum Gasteiger partial charge on any atom is 0.227 e. The van der Waals surface area contributed by atoms with E-state index < -0.39 is 0 Å². The van der Waals surface area contributed by atoms with Gasteiger partial charge >= 0.3 is 0 Å². The average molecular weight is 397 g/mol. The molecular weight excluding hydrogens is 367 g/mol. The molecule has 29 heavy (non-hydrogen) atoms. The number of amides is 2. The number of halogens is 1. The van der Waals surface area contributed by atoms with E-state index in [1.807, 2.05) is 49.1 Å². The lowest BCUT2D eigenvalue weighted by atomic mass is 10.1. The van der Waals surface area contributed by atoms with Crippen molar-refractivity contribution in [2.45, 2.75) is 46.1 Å². The van der Waals surface area contributed by atoms with E-state index in [2.05, 4.69) is 0 Å². The molecule has 2 amide bonds. The summed E-state index contributed by atoms with van der Waals surface area (Å²) in [7, 11) is 0. The summed E-state index contributed by atoms with van der Waals surface area (Å²) in [6.07, 6.45) is 2.96. The lowest BCUT2D eigenvalue weighted by Gasteiger charge is -2.24. The Morgan fingerprint density at radius 1 is 1.03 bits per heavy atom. The van der Waals surface area contributed by atoms with Crippen molar-refractivity contribution >= 4 is 17.5 Å². The molecule has 3 rings (SSSR count). The lowest BCUT2D eigenvalue weighted by molar-refractivity contribution is -0.129. The molecule has 0 aromatic heterocycles. The Bertz CT molecular complexity index is 842. The summed E-state index contributed by atoms with van der Waals surface area (Å²) in [4.78, 5) is 28.8. The van der Waals surface area contributed by atoms with Crippen LogP contribution in [0, 0.1) is 11.7 Å². The number of benzene rings is 2. The zero-order valence-electron chi connectivity index (χ0n) is 17.2. The van der Waals surface area contributed by atoms with E-state index in [0.29, 0.717) is 19.4 Å². The maximum atomic E-state index is 13.6. The molecule has 0 atom stereocenters. The first kappa shape index (κ1) is 21.0. The number of rotatable bonds is 7. The van der Waals surface area contributed by atoms with Crippen molar-refractivity contribution in [1.82, 2.24) is 4.90 Å². The Balaban J connectivity index is 1.75. The van der Waals surface area contributed by atoms with Crippen molar-refractivity contribution in [3.8, 4) is 0 Å². The van der Waals surface area contributed by atoms with Crippen LogP contribution >= 0.6 is 0 Å². The summed E-state index contributed by atoms with van der Waals surface area (Å²) in [5.74, 6) is 0.0808. The molecule has 1 aliphatic heterocycles. The van der Waals surface area contributed by atoms with Gasteiger partial charge in [-0.05, 0) is 54.2 Å². The van der Waals surface area contributed by atoms with Gasteiger partial charge in [0.05, 0.1) is 13.0 Å². The van der Waals surface area contributed by atoms with Gasteiger partial charge in [0.2, 0.25) is 11.8 Å². The van der Waals surface area contributed by atoms with Crippen LogP contribution in [0.5, 0.6) is 0 Å². The van der Waals surface area contributed by atoms with Crippen LogP contribution in [0.25, 0.3) is 0 Å². The van der Waals surface area contributed by atoms with Crippen molar-refractivity contribution < 1.29 is 14.0 Å². The molecule has 1 fully saturated rings. The predicted molar refractivity (Wildman–Crippen MR) is 113 cm³/mol. The van der Waals surface area contributed by atoms with Gasteiger partial charge in [-0.1, -0.05) is 38.1 Å². The van der Waals surface area contributed by atoms with Crippen LogP contribution in [0.1, 0.15) is 44.2 Å². The predicted octanol–water partition coefficient (Wildman–Crippen LogP) is 4.57. The second-order valence-electron chi connectivity index (χ2n) is 8.14. The fraction of sp³-hybridized carbons (Fsp3) is 0.417. The van der Waals surface area contributed by atoms with Gasteiger partial charge < -0.3 is 9.80 Å². The minimum absolute atomic E-state index is 0.00477. The number of likely N-dealkylation sites (tertiary alicyclic amines) is 1. The summed E-state index contributed by atoms with van der Waals surface area (Å²) >= 11 is 0. The number of hydrogen-bond donors (Lipinski definition) is 0. The molecule has 2 aromatic carbocycles. The number of anilines is 1. The fourth-order valence-corrected chi connectivity index (χ4v) is 3.65. The highest BCUT2D eigenvalue weighted by Crippen LogP contribution is 2.22. The normalized spacial score (nSPS) is 13.7. The number of nitrogens with zero attached hydrogens (tertiary/aromatic N) is 2. The quantitative estimate of drug-likeness (QED) is 0.688. The zero-order valence-corrected chi connectivity index (χ0v) is 17.2. The van der Waals surface area contributed by atoms with Crippen LogP contribution in [-0.2, 0) is 22.6 Å². The van der Waals surface area contributed by atoms with E-state index in [1.54, 1.807) is 11.0 Å². The van der Waals surface area contributed by atoms with Crippen LogP contribution in [0.2, 0.25) is 0 Å². The molecule has 154 valence electrons. The Kier molecular flexibility index (Phi) is 7.02. The molecule has 1 aliphatic rings. The highest BCUT2D eigenvalue weighted by Gasteiger charge is 2.20. The highest BCUT2D eigenvalue weighted by molar-refractivity contribution is 5.93. The van der Waals surface area contributed by atoms with Gasteiger partial charge in [0.15, 0.2) is 0 Å². The molecule has 0 saturated carbocycles. The second-order valence-corrected chi connectivity index (χ2v) is 8.14. The van der Waals surface area contributed by atoms with Gasteiger partial charge in [-0.15, -0.1) is 0 Å². The summed E-state index contributed by atoms with van der Waals surface area (Å²) in [5, 5.41) is 0. The molecule has 0 N–H and O–H groups in total. The van der Waals surface area contributed by atoms with Crippen LogP contribution in [0.3, 0.4) is 0 Å². The molecule has 0 aliphatic carbocycles. The third kappa shape index (κ3) is 5.89. The first-order chi connectivity index (χ1) is 13.9. The number of carbonyl (C=O) groups excluding carboxylic acids is 2. The third-order valence-electron chi connectivity index (χ3n) is 5.18. The van der Waals surface area contributed by atoms with Gasteiger partial charge in [-0.25, -0.2) is 4.39 Å². The van der Waals surface area contributed by atoms with E-state index in [-0.39, 0.29) is 23.5 Å². The van der Waals surface area contributed by atoms with Crippen LogP contribution in [-0.4, -0.2) is 29.8 Å². The van der Waals surface area contributed by atoms with E-state index in [9.17, 15) is 14.0 Å². The molecule has 0 unspecified atom stereocenters. The second kappa shape index (κ2) is 9.68. The van der Waals surface area contributed by atoms with Crippen molar-refractivity contribution in [2.24, 2.45) is 5.92 Å². The SMILES string of the molecule is CC(C)CC(=O)N(Cc1cccc(F)c1)c1ccc(CC(=O)N2CCCC2)cc1. The molecule has 1 saturated heterocycles. The van der Waals surface area contributed by atoms with E-state index in [0.717, 1.165) is 42.7 Å². The highest BCUT2D eigenvalue weighted by atomic mass is 19.1. The number of carbonyl (C=O) groups is 2. The Hall–Kier alpha value is -2.69. The standard InChI is InChI=1S/C24H29FN2O2/c1-18(2)14-24(29)27(17-20-6-5-7-21(25)15-20)22-10-8-19(9-11-22)16-23(28)26-12-3-4-13-26/h5-11,15,18H,3-4,12-14,16-17H2,1-2H3. The summed E-state index contributed by atoms with van der Waals surface area (Å²) < 4.78 is 13.6. The summed E-state index contributed by atoms with van der Waals surface area (Å²) in [5.41, 5.74) is 2.44. The van der Waals surface area contributed by atoms with Crippen LogP contribution in [0.15, 0.2) is 48.5 Å². The minimum Gasteiger partial charge on any atom is -0.342 e. The topological polar surface area (TPSA) is 40.6 Å². The molecule has 4 nitrogen and oxygen atoms in total. The Labute approximate surface area is 172 Å². The lowest BCUT2D eigenvalue weighted by Crippen LogP contribution is -2.31. The van der Waals surface area contributed by atoms with E-state index in [1.165, 1.54) is 12.1 Å². The van der Waals surface area contributed by atoms with Crippen LogP contribution in [0.4, 0.5) is 10.1 Å². The first-order valence-corrected chi connectivity index (χ1v) is 10.3. The largest absolute Gasteiger partial charge is 0.342 e. The Morgan fingerprint density at radius 3 is 2.34 bits per heavy atom. The fourth-order valence-electron chi connectivity index (χ4n) is 3.65. The van der Waals surface area contributed by atoms with Crippen molar-refractivity contribution in [3.63, 3.8) is 0 Å². The Morgan fingerprint density at radius 2 is 1.72 bits per heavy atom. The molecule has 5 heteroatoms. The van der Waals surface area contributed by atoms with E-state index in [4.69, 9.17) is 0 Å². The third-order valence-corrected chi connectivity index (χ3v) is 5.18. The summed E-state index contributed by atoms with van der Waals surface area (Å²) in [6.45, 7) is 6.02. The van der Waals surface area contributed by atoms with Gasteiger partial charge in [0.25, 0.3) is 0 Å². The molecule has 0 radical (unpaired) electrons. The maximum absolute atomic E-state index is 13.6. The average Bonchev–Trinajstić information content (AvgIpc) is 3.21. The molecular formula is C24H29FN2O2.